The van der Waals surface area contributed by atoms with Crippen LogP contribution in [-0.2, 0) is 0 Å². The summed E-state index contributed by atoms with van der Waals surface area (Å²) in [5, 5.41) is 12.0. The Morgan fingerprint density at radius 3 is 2.39 bits per heavy atom. The van der Waals surface area contributed by atoms with Crippen LogP contribution in [0.2, 0.25) is 0 Å². The molecule has 2 fully saturated rings. The Kier molecular flexibility index (Phi) is 2.89. The Morgan fingerprint density at radius 1 is 1.28 bits per heavy atom. The summed E-state index contributed by atoms with van der Waals surface area (Å²) in [5.74, 6) is 2.20. The van der Waals surface area contributed by atoms with Gasteiger partial charge in [-0.3, -0.25) is 0 Å². The third-order valence-electron chi connectivity index (χ3n) is 3.84. The Bertz CT molecular complexity index is 426. The largest absolute Gasteiger partial charge is 0.476 e. The Balaban J connectivity index is 1.56. The van der Waals surface area contributed by atoms with E-state index < -0.39 is 5.97 Å². The molecule has 0 bridgehead atoms. The van der Waals surface area contributed by atoms with Crippen LogP contribution in [0.3, 0.4) is 0 Å². The first kappa shape index (κ1) is 11.4. The summed E-state index contributed by atoms with van der Waals surface area (Å²) in [6.45, 7) is 0.941. The highest BCUT2D eigenvalue weighted by molar-refractivity contribution is 5.84. The predicted molar refractivity (Wildman–Crippen MR) is 66.4 cm³/mol. The number of hydrogen-bond acceptors (Lipinski definition) is 4. The minimum absolute atomic E-state index is 0.0125. The number of nitrogens with one attached hydrogen (secondary N) is 1. The van der Waals surface area contributed by atoms with Crippen molar-refractivity contribution < 1.29 is 9.90 Å². The molecule has 18 heavy (non-hydrogen) atoms. The second-order valence-electron chi connectivity index (χ2n) is 5.31. The predicted octanol–water partition coefficient (Wildman–Crippen LogP) is 2.02. The minimum atomic E-state index is -1.04. The van der Waals surface area contributed by atoms with E-state index in [-0.39, 0.29) is 5.69 Å². The summed E-state index contributed by atoms with van der Waals surface area (Å²) in [6, 6.07) is 0. The normalized spacial score (nSPS) is 18.9. The zero-order valence-corrected chi connectivity index (χ0v) is 10.2. The smallest absolute Gasteiger partial charge is 0.356 e. The molecule has 0 aliphatic heterocycles. The maximum Gasteiger partial charge on any atom is 0.356 e. The van der Waals surface area contributed by atoms with E-state index in [9.17, 15) is 4.79 Å². The van der Waals surface area contributed by atoms with Crippen molar-refractivity contribution in [1.82, 2.24) is 9.97 Å². The van der Waals surface area contributed by atoms with Crippen molar-refractivity contribution in [3.05, 3.63) is 18.1 Å². The summed E-state index contributed by atoms with van der Waals surface area (Å²) < 4.78 is 0. The Labute approximate surface area is 106 Å². The summed E-state index contributed by atoms with van der Waals surface area (Å²) in [4.78, 5) is 18.6. The van der Waals surface area contributed by atoms with Gasteiger partial charge in [-0.1, -0.05) is 0 Å². The second kappa shape index (κ2) is 4.55. The van der Waals surface area contributed by atoms with Crippen molar-refractivity contribution in [1.29, 1.82) is 0 Å². The topological polar surface area (TPSA) is 75.1 Å². The Morgan fingerprint density at radius 2 is 1.94 bits per heavy atom. The van der Waals surface area contributed by atoms with Crippen molar-refractivity contribution in [2.24, 2.45) is 17.8 Å². The number of aromatic carboxylic acids is 1. The molecule has 1 aromatic rings. The fraction of sp³-hybridized carbons (Fsp3) is 0.615. The van der Waals surface area contributed by atoms with E-state index in [0.717, 1.165) is 24.3 Å². The second-order valence-corrected chi connectivity index (χ2v) is 5.31. The van der Waals surface area contributed by atoms with Gasteiger partial charge in [-0.05, 0) is 43.4 Å². The molecule has 5 heteroatoms. The van der Waals surface area contributed by atoms with Crippen molar-refractivity contribution in [2.75, 3.05) is 11.9 Å². The third-order valence-corrected chi connectivity index (χ3v) is 3.84. The molecule has 0 aromatic carbocycles. The van der Waals surface area contributed by atoms with Gasteiger partial charge in [0.2, 0.25) is 0 Å². The van der Waals surface area contributed by atoms with Gasteiger partial charge in [0.05, 0.1) is 12.4 Å². The van der Waals surface area contributed by atoms with Crippen LogP contribution in [0.5, 0.6) is 0 Å². The fourth-order valence-corrected chi connectivity index (χ4v) is 2.52. The number of rotatable bonds is 6. The first-order valence-electron chi connectivity index (χ1n) is 6.53. The van der Waals surface area contributed by atoms with E-state index in [0.29, 0.717) is 5.82 Å². The SMILES string of the molecule is O=C(O)c1cnc(NCC(C2CC2)C2CC2)cn1. The van der Waals surface area contributed by atoms with Crippen molar-refractivity contribution in [3.8, 4) is 0 Å². The molecule has 2 aliphatic rings. The molecule has 96 valence electrons. The first-order valence-corrected chi connectivity index (χ1v) is 6.53. The quantitative estimate of drug-likeness (QED) is 0.804. The standard InChI is InChI=1S/C13H17N3O2/c17-13(18)11-6-16-12(7-14-11)15-5-10(8-1-2-8)9-3-4-9/h6-10H,1-5H2,(H,15,16)(H,17,18). The molecule has 0 radical (unpaired) electrons. The molecule has 3 rings (SSSR count). The van der Waals surface area contributed by atoms with Crippen LogP contribution in [0.4, 0.5) is 5.82 Å². The van der Waals surface area contributed by atoms with Gasteiger partial charge in [-0.2, -0.15) is 0 Å². The van der Waals surface area contributed by atoms with Crippen LogP contribution in [0.25, 0.3) is 0 Å². The summed E-state index contributed by atoms with van der Waals surface area (Å²) in [5.41, 5.74) is -0.0125. The van der Waals surface area contributed by atoms with Gasteiger partial charge in [0.25, 0.3) is 0 Å². The van der Waals surface area contributed by atoms with Crippen molar-refractivity contribution in [2.45, 2.75) is 25.7 Å². The van der Waals surface area contributed by atoms with Crippen LogP contribution in [0.1, 0.15) is 36.2 Å². The highest BCUT2D eigenvalue weighted by Gasteiger charge is 2.41. The van der Waals surface area contributed by atoms with Gasteiger partial charge < -0.3 is 10.4 Å². The van der Waals surface area contributed by atoms with Crippen LogP contribution < -0.4 is 5.32 Å². The maximum absolute atomic E-state index is 10.7. The molecule has 1 aromatic heterocycles. The summed E-state index contributed by atoms with van der Waals surface area (Å²) in [6.07, 6.45) is 8.27. The zero-order chi connectivity index (χ0) is 12.5. The molecule has 1 heterocycles. The van der Waals surface area contributed by atoms with E-state index in [1.165, 1.54) is 38.1 Å². The van der Waals surface area contributed by atoms with Crippen molar-refractivity contribution in [3.63, 3.8) is 0 Å². The number of hydrogen-bond donors (Lipinski definition) is 2. The number of carboxylic acids is 1. The lowest BCUT2D eigenvalue weighted by atomic mass is 9.98. The lowest BCUT2D eigenvalue weighted by molar-refractivity contribution is 0.0690. The maximum atomic E-state index is 10.7. The minimum Gasteiger partial charge on any atom is -0.476 e. The molecular weight excluding hydrogens is 230 g/mol. The van der Waals surface area contributed by atoms with Gasteiger partial charge >= 0.3 is 5.97 Å². The number of anilines is 1. The monoisotopic (exact) mass is 247 g/mol. The molecule has 0 unspecified atom stereocenters. The van der Waals surface area contributed by atoms with E-state index >= 15 is 0 Å². The van der Waals surface area contributed by atoms with E-state index in [2.05, 4.69) is 15.3 Å². The molecule has 2 saturated carbocycles. The van der Waals surface area contributed by atoms with E-state index in [1.54, 1.807) is 0 Å². The zero-order valence-electron chi connectivity index (χ0n) is 10.2. The fourth-order valence-electron chi connectivity index (χ4n) is 2.52. The van der Waals surface area contributed by atoms with Gasteiger partial charge in [0.15, 0.2) is 5.69 Å². The molecule has 5 nitrogen and oxygen atoms in total. The highest BCUT2D eigenvalue weighted by Crippen LogP contribution is 2.49. The van der Waals surface area contributed by atoms with E-state index in [1.807, 2.05) is 0 Å². The summed E-state index contributed by atoms with van der Waals surface area (Å²) in [7, 11) is 0. The lowest BCUT2D eigenvalue weighted by Gasteiger charge is -2.16. The lowest BCUT2D eigenvalue weighted by Crippen LogP contribution is -2.19. The molecule has 0 spiro atoms. The van der Waals surface area contributed by atoms with Crippen LogP contribution in [-0.4, -0.2) is 27.6 Å². The number of carboxylic acid groups (broad SMARTS) is 1. The van der Waals surface area contributed by atoms with E-state index in [4.69, 9.17) is 5.11 Å². The van der Waals surface area contributed by atoms with Gasteiger partial charge in [-0.25, -0.2) is 14.8 Å². The first-order chi connectivity index (χ1) is 8.74. The number of aromatic nitrogens is 2. The number of carbonyl (C=O) groups is 1. The highest BCUT2D eigenvalue weighted by atomic mass is 16.4. The third kappa shape index (κ3) is 2.60. The Hall–Kier alpha value is -1.65. The van der Waals surface area contributed by atoms with Crippen LogP contribution in [0, 0.1) is 17.8 Å². The average molecular weight is 247 g/mol. The summed E-state index contributed by atoms with van der Waals surface area (Å²) >= 11 is 0. The van der Waals surface area contributed by atoms with Crippen LogP contribution in [0.15, 0.2) is 12.4 Å². The van der Waals surface area contributed by atoms with Gasteiger partial charge in [0, 0.05) is 6.54 Å². The number of nitrogens with zero attached hydrogens (tertiary/aromatic N) is 2. The molecule has 0 atom stereocenters. The van der Waals surface area contributed by atoms with Crippen LogP contribution >= 0.6 is 0 Å². The average Bonchev–Trinajstić information content (AvgIpc) is 3.24. The molecule has 0 amide bonds. The molecule has 2 aliphatic carbocycles. The van der Waals surface area contributed by atoms with Gasteiger partial charge in [-0.15, -0.1) is 0 Å². The molecular formula is C13H17N3O2. The molecule has 2 N–H and O–H groups in total. The van der Waals surface area contributed by atoms with Crippen molar-refractivity contribution >= 4 is 11.8 Å². The van der Waals surface area contributed by atoms with Gasteiger partial charge in [0.1, 0.15) is 5.82 Å². The molecule has 0 saturated heterocycles.